The maximum Gasteiger partial charge on any atom is 0.189 e. The molecule has 0 aliphatic rings. The number of phenolic OH excluding ortho intramolecular Hbond substituents is 1. The minimum atomic E-state index is -0.389. The Balaban J connectivity index is 2.40. The fourth-order valence-corrected chi connectivity index (χ4v) is 3.36. The third-order valence-electron chi connectivity index (χ3n) is 4.78. The van der Waals surface area contributed by atoms with Crippen LogP contribution in [0.2, 0.25) is 5.02 Å². The molecule has 154 valence electrons. The van der Waals surface area contributed by atoms with Gasteiger partial charge in [-0.2, -0.15) is 0 Å². The summed E-state index contributed by atoms with van der Waals surface area (Å²) in [6.07, 6.45) is 5.03. The molecule has 5 heteroatoms. The maximum absolute atomic E-state index is 12.9. The zero-order valence-corrected chi connectivity index (χ0v) is 18.4. The highest BCUT2D eigenvalue weighted by Crippen LogP contribution is 2.36. The normalized spacial score (nSPS) is 11.8. The van der Waals surface area contributed by atoms with Crippen LogP contribution in [0, 0.1) is 0 Å². The first-order valence-electron chi connectivity index (χ1n) is 9.29. The van der Waals surface area contributed by atoms with Gasteiger partial charge in [-0.15, -0.1) is 6.58 Å². The second-order valence-electron chi connectivity index (χ2n) is 7.78. The van der Waals surface area contributed by atoms with Gasteiger partial charge in [0.05, 0.1) is 12.7 Å². The van der Waals surface area contributed by atoms with E-state index in [1.165, 1.54) is 13.2 Å². The van der Waals surface area contributed by atoms with Crippen molar-refractivity contribution in [2.45, 2.75) is 25.8 Å². The predicted molar refractivity (Wildman–Crippen MR) is 120 cm³/mol. The Morgan fingerprint density at radius 2 is 1.97 bits per heavy atom. The van der Waals surface area contributed by atoms with Gasteiger partial charge in [0.15, 0.2) is 5.78 Å². The minimum Gasteiger partial charge on any atom is -0.508 e. The van der Waals surface area contributed by atoms with Crippen molar-refractivity contribution < 1.29 is 14.6 Å². The van der Waals surface area contributed by atoms with Gasteiger partial charge in [-0.1, -0.05) is 43.7 Å². The lowest BCUT2D eigenvalue weighted by molar-refractivity contribution is 0.104. The molecule has 0 atom stereocenters. The molecular weight excluding hydrogens is 386 g/mol. The minimum absolute atomic E-state index is 0.193. The summed E-state index contributed by atoms with van der Waals surface area (Å²) < 4.78 is 5.38. The zero-order chi connectivity index (χ0) is 21.8. The summed E-state index contributed by atoms with van der Waals surface area (Å²) >= 11 is 6.41. The fraction of sp³-hybridized carbons (Fsp3) is 0.292. The maximum atomic E-state index is 12.9. The number of carbonyl (C=O) groups excluding carboxylic acids is 1. The summed E-state index contributed by atoms with van der Waals surface area (Å²) in [5, 5.41) is 10.5. The number of allylic oxidation sites excluding steroid dienone is 2. The van der Waals surface area contributed by atoms with Gasteiger partial charge < -0.3 is 14.7 Å². The smallest absolute Gasteiger partial charge is 0.189 e. The second-order valence-corrected chi connectivity index (χ2v) is 8.19. The van der Waals surface area contributed by atoms with Crippen molar-refractivity contribution in [3.05, 3.63) is 76.3 Å². The van der Waals surface area contributed by atoms with Crippen LogP contribution < -0.4 is 4.74 Å². The van der Waals surface area contributed by atoms with Gasteiger partial charge in [0.2, 0.25) is 0 Å². The molecule has 2 rings (SSSR count). The van der Waals surface area contributed by atoms with Crippen LogP contribution in [0.15, 0.2) is 49.1 Å². The molecule has 0 unspecified atom stereocenters. The number of carbonyl (C=O) groups is 1. The van der Waals surface area contributed by atoms with Crippen molar-refractivity contribution in [3.8, 4) is 11.5 Å². The van der Waals surface area contributed by atoms with Crippen LogP contribution in [-0.4, -0.2) is 37.0 Å². The van der Waals surface area contributed by atoms with E-state index >= 15 is 0 Å². The number of methoxy groups -OCH3 is 1. The van der Waals surface area contributed by atoms with Crippen molar-refractivity contribution in [2.24, 2.45) is 0 Å². The monoisotopic (exact) mass is 413 g/mol. The number of phenols is 1. The Kier molecular flexibility index (Phi) is 7.28. The van der Waals surface area contributed by atoms with Crippen molar-refractivity contribution in [2.75, 3.05) is 21.2 Å². The molecule has 29 heavy (non-hydrogen) atoms. The quantitative estimate of drug-likeness (QED) is 0.354. The van der Waals surface area contributed by atoms with Crippen LogP contribution in [0.5, 0.6) is 11.5 Å². The van der Waals surface area contributed by atoms with Crippen LogP contribution >= 0.6 is 11.6 Å². The first-order valence-corrected chi connectivity index (χ1v) is 9.67. The van der Waals surface area contributed by atoms with E-state index in [1.54, 1.807) is 36.4 Å². The Labute approximate surface area is 178 Å². The molecule has 4 nitrogen and oxygen atoms in total. The fourth-order valence-electron chi connectivity index (χ4n) is 2.96. The lowest BCUT2D eigenvalue weighted by atomic mass is 9.83. The summed E-state index contributed by atoms with van der Waals surface area (Å²) in [5.41, 5.74) is 2.48. The molecule has 0 saturated carbocycles. The first kappa shape index (κ1) is 22.7. The highest BCUT2D eigenvalue weighted by molar-refractivity contribution is 6.32. The number of aromatic hydroxyl groups is 1. The average Bonchev–Trinajstić information content (AvgIpc) is 2.67. The Hall–Kier alpha value is -2.56. The van der Waals surface area contributed by atoms with E-state index in [9.17, 15) is 9.90 Å². The lowest BCUT2D eigenvalue weighted by Crippen LogP contribution is -2.15. The molecule has 0 aliphatic heterocycles. The highest BCUT2D eigenvalue weighted by atomic mass is 35.5. The van der Waals surface area contributed by atoms with Gasteiger partial charge >= 0.3 is 0 Å². The summed E-state index contributed by atoms with van der Waals surface area (Å²) in [4.78, 5) is 14.9. The van der Waals surface area contributed by atoms with E-state index in [1.807, 2.05) is 38.9 Å². The number of benzene rings is 2. The van der Waals surface area contributed by atoms with Gasteiger partial charge in [0.25, 0.3) is 0 Å². The third kappa shape index (κ3) is 5.49. The molecule has 0 aromatic heterocycles. The number of ether oxygens (including phenoxy) is 1. The van der Waals surface area contributed by atoms with Crippen LogP contribution in [-0.2, 0) is 12.0 Å². The van der Waals surface area contributed by atoms with Gasteiger partial charge in [0, 0.05) is 22.5 Å². The van der Waals surface area contributed by atoms with Crippen LogP contribution in [0.25, 0.3) is 6.08 Å². The Morgan fingerprint density at radius 3 is 2.55 bits per heavy atom. The van der Waals surface area contributed by atoms with Crippen LogP contribution in [0.3, 0.4) is 0 Å². The van der Waals surface area contributed by atoms with Crippen molar-refractivity contribution in [1.82, 2.24) is 4.90 Å². The number of ketones is 1. The SMILES string of the molecule is C=CC(C)(C)c1cc(C(=O)C=Cc2ccc(O)c(CN(C)C)c2)c(OC)cc1Cl. The Bertz CT molecular complexity index is 945. The number of rotatable bonds is 8. The zero-order valence-electron chi connectivity index (χ0n) is 17.6. The lowest BCUT2D eigenvalue weighted by Gasteiger charge is -2.23. The van der Waals surface area contributed by atoms with E-state index in [0.29, 0.717) is 22.9 Å². The molecule has 2 aromatic carbocycles. The third-order valence-corrected chi connectivity index (χ3v) is 5.09. The van der Waals surface area contributed by atoms with Gasteiger partial charge in [-0.05, 0) is 55.6 Å². The molecule has 0 aliphatic carbocycles. The summed E-state index contributed by atoms with van der Waals surface area (Å²) in [5.74, 6) is 0.465. The first-order chi connectivity index (χ1) is 13.6. The van der Waals surface area contributed by atoms with E-state index < -0.39 is 0 Å². The molecule has 0 fully saturated rings. The molecule has 0 saturated heterocycles. The molecule has 0 spiro atoms. The number of hydrogen-bond acceptors (Lipinski definition) is 4. The topological polar surface area (TPSA) is 49.8 Å². The standard InChI is InChI=1S/C24H28ClNO3/c1-7-24(2,3)19-13-18(23(29-6)14-20(19)25)22(28)11-9-16-8-10-21(27)17(12-16)15-26(4)5/h7-14,27H,1,15H2,2-6H3. The molecule has 0 heterocycles. The van der Waals surface area contributed by atoms with Gasteiger partial charge in [-0.25, -0.2) is 0 Å². The van der Waals surface area contributed by atoms with Crippen molar-refractivity contribution >= 4 is 23.5 Å². The number of nitrogens with zero attached hydrogens (tertiary/aromatic N) is 1. The van der Waals surface area contributed by atoms with Crippen molar-refractivity contribution in [1.29, 1.82) is 0 Å². The molecule has 2 aromatic rings. The summed E-state index contributed by atoms with van der Waals surface area (Å²) in [6, 6.07) is 8.70. The van der Waals surface area contributed by atoms with E-state index in [-0.39, 0.29) is 16.9 Å². The molecule has 1 N–H and O–H groups in total. The summed E-state index contributed by atoms with van der Waals surface area (Å²) in [6.45, 7) is 8.44. The van der Waals surface area contributed by atoms with Crippen LogP contribution in [0.4, 0.5) is 0 Å². The predicted octanol–water partition coefficient (Wildman–Crippen LogP) is 5.48. The molecular formula is C24H28ClNO3. The van der Waals surface area contributed by atoms with E-state index in [4.69, 9.17) is 16.3 Å². The summed E-state index contributed by atoms with van der Waals surface area (Å²) in [7, 11) is 5.37. The molecule has 0 radical (unpaired) electrons. The second kappa shape index (κ2) is 9.29. The van der Waals surface area contributed by atoms with Gasteiger partial charge in [-0.3, -0.25) is 4.79 Å². The largest absolute Gasteiger partial charge is 0.508 e. The van der Waals surface area contributed by atoms with Crippen LogP contribution in [0.1, 0.15) is 40.9 Å². The highest BCUT2D eigenvalue weighted by Gasteiger charge is 2.23. The number of hydrogen-bond donors (Lipinski definition) is 1. The number of halogens is 1. The molecule has 0 amide bonds. The van der Waals surface area contributed by atoms with Crippen molar-refractivity contribution in [3.63, 3.8) is 0 Å². The molecule has 0 bridgehead atoms. The van der Waals surface area contributed by atoms with E-state index in [0.717, 1.165) is 16.7 Å². The van der Waals surface area contributed by atoms with E-state index in [2.05, 4.69) is 6.58 Å². The Morgan fingerprint density at radius 1 is 1.28 bits per heavy atom. The average molecular weight is 414 g/mol. The van der Waals surface area contributed by atoms with Gasteiger partial charge in [0.1, 0.15) is 11.5 Å².